The Balaban J connectivity index is 1.77. The summed E-state index contributed by atoms with van der Waals surface area (Å²) in [4.78, 5) is 14.4. The summed E-state index contributed by atoms with van der Waals surface area (Å²) in [7, 11) is 0. The first-order chi connectivity index (χ1) is 12.2. The normalized spacial score (nSPS) is 23.3. The highest BCUT2D eigenvalue weighted by Crippen LogP contribution is 2.33. The summed E-state index contributed by atoms with van der Waals surface area (Å²) < 4.78 is 5.51. The largest absolute Gasteiger partial charge is 0.445 e. The van der Waals surface area contributed by atoms with Crippen LogP contribution in [0.1, 0.15) is 23.6 Å². The monoisotopic (exact) mass is 340 g/mol. The van der Waals surface area contributed by atoms with Gasteiger partial charge in [-0.25, -0.2) is 4.79 Å². The summed E-state index contributed by atoms with van der Waals surface area (Å²) in [5, 5.41) is 9.54. The van der Waals surface area contributed by atoms with Gasteiger partial charge in [0.2, 0.25) is 0 Å². The summed E-state index contributed by atoms with van der Waals surface area (Å²) in [6.45, 7) is 0.672. The van der Waals surface area contributed by atoms with Crippen LogP contribution < -0.4 is 5.73 Å². The van der Waals surface area contributed by atoms with E-state index in [4.69, 9.17) is 10.5 Å². The second-order valence-corrected chi connectivity index (χ2v) is 6.50. The van der Waals surface area contributed by atoms with Crippen LogP contribution >= 0.6 is 0 Å². The number of nitrogens with two attached hydrogens (primary N) is 1. The summed E-state index contributed by atoms with van der Waals surface area (Å²) in [5.41, 5.74) is 8.28. The molecule has 1 amide bonds. The average Bonchev–Trinajstić information content (AvgIpc) is 2.67. The van der Waals surface area contributed by atoms with E-state index in [9.17, 15) is 9.90 Å². The third-order valence-electron chi connectivity index (χ3n) is 4.64. The minimum absolute atomic E-state index is 0.0116. The van der Waals surface area contributed by atoms with Crippen LogP contribution in [0.4, 0.5) is 4.79 Å². The Morgan fingerprint density at radius 2 is 1.76 bits per heavy atom. The van der Waals surface area contributed by atoms with E-state index < -0.39 is 6.09 Å². The van der Waals surface area contributed by atoms with Gasteiger partial charge >= 0.3 is 6.09 Å². The van der Waals surface area contributed by atoms with Gasteiger partial charge in [0, 0.05) is 25.1 Å². The van der Waals surface area contributed by atoms with Crippen molar-refractivity contribution in [3.05, 3.63) is 71.8 Å². The van der Waals surface area contributed by atoms with Crippen molar-refractivity contribution in [1.29, 1.82) is 0 Å². The Hall–Kier alpha value is -2.37. The fraction of sp³-hybridized carbons (Fsp3) is 0.350. The smallest absolute Gasteiger partial charge is 0.410 e. The lowest BCUT2D eigenvalue weighted by Gasteiger charge is -2.42. The zero-order valence-corrected chi connectivity index (χ0v) is 14.1. The van der Waals surface area contributed by atoms with Crippen molar-refractivity contribution in [2.45, 2.75) is 25.1 Å². The predicted octanol–water partition coefficient (Wildman–Crippen LogP) is 2.71. The lowest BCUT2D eigenvalue weighted by Crippen LogP contribution is -2.52. The van der Waals surface area contributed by atoms with Gasteiger partial charge in [0.15, 0.2) is 0 Å². The van der Waals surface area contributed by atoms with Crippen LogP contribution in [-0.4, -0.2) is 35.3 Å². The number of rotatable bonds is 4. The molecular weight excluding hydrogens is 316 g/mol. The van der Waals surface area contributed by atoms with E-state index in [0.717, 1.165) is 11.1 Å². The number of aliphatic hydroxyl groups excluding tert-OH is 1. The molecule has 0 aromatic heterocycles. The van der Waals surface area contributed by atoms with Gasteiger partial charge in [0.1, 0.15) is 6.61 Å². The number of ether oxygens (including phenoxy) is 1. The molecule has 1 aliphatic heterocycles. The van der Waals surface area contributed by atoms with Crippen molar-refractivity contribution in [2.75, 3.05) is 13.2 Å². The van der Waals surface area contributed by atoms with E-state index in [-0.39, 0.29) is 31.2 Å². The number of carbonyl (C=O) groups is 1. The van der Waals surface area contributed by atoms with Crippen LogP contribution in [0.15, 0.2) is 60.7 Å². The number of benzene rings is 2. The van der Waals surface area contributed by atoms with Gasteiger partial charge in [-0.2, -0.15) is 0 Å². The highest BCUT2D eigenvalue weighted by atomic mass is 16.6. The first-order valence-electron chi connectivity index (χ1n) is 8.57. The standard InChI is InChI=1S/C20H24N2O3/c21-18-11-16(13-23)12-22(19(18)17-9-5-2-6-10-17)20(24)25-14-15-7-3-1-4-8-15/h1-10,16,18-19,23H,11-14,21H2/t16?,18-,19-/m0/s1. The van der Waals surface area contributed by atoms with Crippen LogP contribution in [0.25, 0.3) is 0 Å². The molecule has 2 aromatic carbocycles. The van der Waals surface area contributed by atoms with Crippen LogP contribution in [-0.2, 0) is 11.3 Å². The number of likely N-dealkylation sites (tertiary alicyclic amines) is 1. The van der Waals surface area contributed by atoms with Gasteiger partial charge in [-0.15, -0.1) is 0 Å². The van der Waals surface area contributed by atoms with Gasteiger partial charge < -0.3 is 15.6 Å². The molecule has 1 heterocycles. The Labute approximate surface area is 148 Å². The summed E-state index contributed by atoms with van der Waals surface area (Å²) in [6, 6.07) is 18.9. The SMILES string of the molecule is N[C@H]1CC(CO)CN(C(=O)OCc2ccccc2)[C@H]1c1ccccc1. The molecule has 0 aliphatic carbocycles. The molecule has 0 radical (unpaired) electrons. The van der Waals surface area contributed by atoms with Gasteiger partial charge in [0.25, 0.3) is 0 Å². The summed E-state index contributed by atoms with van der Waals surface area (Å²) >= 11 is 0. The molecule has 3 rings (SSSR count). The fourth-order valence-electron chi connectivity index (χ4n) is 3.41. The van der Waals surface area contributed by atoms with Crippen LogP contribution in [0.5, 0.6) is 0 Å². The van der Waals surface area contributed by atoms with E-state index in [1.807, 2.05) is 60.7 Å². The topological polar surface area (TPSA) is 75.8 Å². The second kappa shape index (κ2) is 8.14. The Morgan fingerprint density at radius 1 is 1.12 bits per heavy atom. The molecule has 0 spiro atoms. The van der Waals surface area contributed by atoms with Crippen molar-refractivity contribution in [2.24, 2.45) is 11.7 Å². The van der Waals surface area contributed by atoms with E-state index in [1.54, 1.807) is 4.90 Å². The molecule has 3 atom stereocenters. The van der Waals surface area contributed by atoms with E-state index >= 15 is 0 Å². The minimum Gasteiger partial charge on any atom is -0.445 e. The van der Waals surface area contributed by atoms with Crippen LogP contribution in [0.3, 0.4) is 0 Å². The highest BCUT2D eigenvalue weighted by molar-refractivity contribution is 5.69. The quantitative estimate of drug-likeness (QED) is 0.897. The van der Waals surface area contributed by atoms with Crippen molar-refractivity contribution in [3.8, 4) is 0 Å². The Kier molecular flexibility index (Phi) is 5.68. The first kappa shape index (κ1) is 17.5. The maximum absolute atomic E-state index is 12.7. The maximum atomic E-state index is 12.7. The summed E-state index contributed by atoms with van der Waals surface area (Å²) in [5.74, 6) is -0.0285. The molecule has 1 saturated heterocycles. The fourth-order valence-corrected chi connectivity index (χ4v) is 3.41. The van der Waals surface area contributed by atoms with Gasteiger partial charge in [-0.05, 0) is 17.5 Å². The molecule has 1 unspecified atom stereocenters. The van der Waals surface area contributed by atoms with E-state index in [0.29, 0.717) is 13.0 Å². The molecule has 2 aromatic rings. The lowest BCUT2D eigenvalue weighted by molar-refractivity contribution is 0.0343. The van der Waals surface area contributed by atoms with Crippen LogP contribution in [0.2, 0.25) is 0 Å². The molecule has 5 heteroatoms. The zero-order valence-electron chi connectivity index (χ0n) is 14.1. The number of piperidine rings is 1. The molecule has 25 heavy (non-hydrogen) atoms. The molecule has 5 nitrogen and oxygen atoms in total. The van der Waals surface area contributed by atoms with Crippen molar-refractivity contribution in [1.82, 2.24) is 4.90 Å². The second-order valence-electron chi connectivity index (χ2n) is 6.50. The van der Waals surface area contributed by atoms with Gasteiger partial charge in [-0.1, -0.05) is 60.7 Å². The number of hydrogen-bond donors (Lipinski definition) is 2. The predicted molar refractivity (Wildman–Crippen MR) is 95.7 cm³/mol. The molecule has 1 aliphatic rings. The maximum Gasteiger partial charge on any atom is 0.410 e. The third kappa shape index (κ3) is 4.18. The van der Waals surface area contributed by atoms with E-state index in [2.05, 4.69) is 0 Å². The molecule has 1 fully saturated rings. The molecule has 0 bridgehead atoms. The zero-order chi connectivity index (χ0) is 17.6. The number of carbonyl (C=O) groups excluding carboxylic acids is 1. The van der Waals surface area contributed by atoms with Crippen molar-refractivity contribution >= 4 is 6.09 Å². The van der Waals surface area contributed by atoms with Gasteiger partial charge in [-0.3, -0.25) is 4.90 Å². The first-order valence-corrected chi connectivity index (χ1v) is 8.57. The number of aliphatic hydroxyl groups is 1. The molecule has 3 N–H and O–H groups in total. The minimum atomic E-state index is -0.397. The lowest BCUT2D eigenvalue weighted by atomic mass is 9.86. The van der Waals surface area contributed by atoms with E-state index in [1.165, 1.54) is 0 Å². The van der Waals surface area contributed by atoms with Crippen LogP contribution in [0, 0.1) is 5.92 Å². The Bertz CT molecular complexity index is 678. The Morgan fingerprint density at radius 3 is 2.40 bits per heavy atom. The number of hydrogen-bond acceptors (Lipinski definition) is 4. The number of nitrogens with zero attached hydrogens (tertiary/aromatic N) is 1. The molecule has 132 valence electrons. The van der Waals surface area contributed by atoms with Crippen molar-refractivity contribution in [3.63, 3.8) is 0 Å². The number of amides is 1. The highest BCUT2D eigenvalue weighted by Gasteiger charge is 2.38. The molecular formula is C20H24N2O3. The third-order valence-corrected chi connectivity index (χ3v) is 4.64. The average molecular weight is 340 g/mol. The molecule has 0 saturated carbocycles. The van der Waals surface area contributed by atoms with Crippen molar-refractivity contribution < 1.29 is 14.6 Å². The van der Waals surface area contributed by atoms with Gasteiger partial charge in [0.05, 0.1) is 6.04 Å². The summed E-state index contributed by atoms with van der Waals surface area (Å²) in [6.07, 6.45) is 0.282.